The topological polar surface area (TPSA) is 94.5 Å². The van der Waals surface area contributed by atoms with Gasteiger partial charge in [0.15, 0.2) is 5.82 Å². The number of nitriles is 1. The summed E-state index contributed by atoms with van der Waals surface area (Å²) in [5, 5.41) is 18.0. The minimum Gasteiger partial charge on any atom is -0.325 e. The molecule has 0 unspecified atom stereocenters. The van der Waals surface area contributed by atoms with E-state index in [2.05, 4.69) is 20.5 Å². The zero-order valence-corrected chi connectivity index (χ0v) is 10.5. The first-order valence-electron chi connectivity index (χ1n) is 5.91. The van der Waals surface area contributed by atoms with Crippen LogP contribution in [0.2, 0.25) is 0 Å². The van der Waals surface area contributed by atoms with Crippen LogP contribution in [0.25, 0.3) is 11.4 Å². The summed E-state index contributed by atoms with van der Waals surface area (Å²) in [6.07, 6.45) is 0.621. The minimum absolute atomic E-state index is 0.162. The van der Waals surface area contributed by atoms with Crippen LogP contribution < -0.4 is 5.32 Å². The van der Waals surface area contributed by atoms with Gasteiger partial charge in [-0.25, -0.2) is 4.98 Å². The monoisotopic (exact) mass is 255 g/mol. The zero-order valence-electron chi connectivity index (χ0n) is 10.5. The number of hydrogen-bond donors (Lipinski definition) is 2. The number of carbonyl (C=O) groups is 1. The Labute approximate surface area is 110 Å². The van der Waals surface area contributed by atoms with E-state index in [1.54, 1.807) is 24.3 Å². The summed E-state index contributed by atoms with van der Waals surface area (Å²) in [4.78, 5) is 15.7. The molecule has 96 valence electrons. The van der Waals surface area contributed by atoms with Crippen LogP contribution in [0.3, 0.4) is 0 Å². The molecule has 0 aliphatic rings. The molecule has 6 heteroatoms. The van der Waals surface area contributed by atoms with Gasteiger partial charge in [0.1, 0.15) is 12.2 Å². The Kier molecular flexibility index (Phi) is 3.88. The smallest absolute Gasteiger partial charge is 0.238 e. The van der Waals surface area contributed by atoms with Crippen molar-refractivity contribution < 1.29 is 4.79 Å². The Morgan fingerprint density at radius 1 is 1.53 bits per heavy atom. The Morgan fingerprint density at radius 2 is 2.37 bits per heavy atom. The standard InChI is InChI=1S/C13H13N5O/c1-2-11-16-13(18-17-11)9-4-3-5-10(8-9)15-12(19)6-7-14/h3-5,8H,2,6H2,1H3,(H,15,19)(H,16,17,18). The van der Waals surface area contributed by atoms with Crippen LogP contribution in [0, 0.1) is 11.3 Å². The van der Waals surface area contributed by atoms with E-state index >= 15 is 0 Å². The Bertz CT molecular complexity index is 626. The number of H-pyrrole nitrogens is 1. The maximum atomic E-state index is 11.3. The number of hydrogen-bond acceptors (Lipinski definition) is 4. The van der Waals surface area contributed by atoms with Gasteiger partial charge in [-0.05, 0) is 12.1 Å². The van der Waals surface area contributed by atoms with Crippen molar-refractivity contribution in [3.05, 3.63) is 30.1 Å². The SMILES string of the molecule is CCc1nc(-c2cccc(NC(=O)CC#N)c2)n[nH]1. The molecule has 0 spiro atoms. The van der Waals surface area contributed by atoms with Crippen LogP contribution >= 0.6 is 0 Å². The molecule has 1 heterocycles. The molecule has 19 heavy (non-hydrogen) atoms. The van der Waals surface area contributed by atoms with Gasteiger partial charge in [0.2, 0.25) is 5.91 Å². The first kappa shape index (κ1) is 12.8. The maximum absolute atomic E-state index is 11.3. The number of anilines is 1. The van der Waals surface area contributed by atoms with Crippen LogP contribution in [0.15, 0.2) is 24.3 Å². The highest BCUT2D eigenvalue weighted by Crippen LogP contribution is 2.19. The summed E-state index contributed by atoms with van der Waals surface area (Å²) in [7, 11) is 0. The molecule has 2 N–H and O–H groups in total. The minimum atomic E-state index is -0.330. The summed E-state index contributed by atoms with van der Waals surface area (Å²) in [5.74, 6) is 1.08. The first-order chi connectivity index (χ1) is 9.22. The van der Waals surface area contributed by atoms with Crippen molar-refractivity contribution in [2.45, 2.75) is 19.8 Å². The molecule has 2 rings (SSSR count). The molecular formula is C13H13N5O. The van der Waals surface area contributed by atoms with E-state index in [0.29, 0.717) is 11.5 Å². The summed E-state index contributed by atoms with van der Waals surface area (Å²) in [6, 6.07) is 9.00. The van der Waals surface area contributed by atoms with Crippen LogP contribution in [0.4, 0.5) is 5.69 Å². The van der Waals surface area contributed by atoms with Crippen molar-refractivity contribution in [3.8, 4) is 17.5 Å². The van der Waals surface area contributed by atoms with E-state index in [4.69, 9.17) is 5.26 Å². The predicted molar refractivity (Wildman–Crippen MR) is 70.1 cm³/mol. The number of benzene rings is 1. The zero-order chi connectivity index (χ0) is 13.7. The highest BCUT2D eigenvalue weighted by atomic mass is 16.1. The van der Waals surface area contributed by atoms with Gasteiger partial charge in [-0.2, -0.15) is 10.4 Å². The number of nitrogens with one attached hydrogen (secondary N) is 2. The first-order valence-corrected chi connectivity index (χ1v) is 5.91. The number of aromatic amines is 1. The van der Waals surface area contributed by atoms with Gasteiger partial charge < -0.3 is 5.32 Å². The van der Waals surface area contributed by atoms with E-state index in [9.17, 15) is 4.79 Å². The van der Waals surface area contributed by atoms with Gasteiger partial charge in [-0.15, -0.1) is 0 Å². The number of aromatic nitrogens is 3. The van der Waals surface area contributed by atoms with Gasteiger partial charge >= 0.3 is 0 Å². The van der Waals surface area contributed by atoms with Crippen LogP contribution in [0.5, 0.6) is 0 Å². The van der Waals surface area contributed by atoms with Gasteiger partial charge in [-0.3, -0.25) is 9.89 Å². The molecule has 0 saturated carbocycles. The maximum Gasteiger partial charge on any atom is 0.238 e. The molecule has 6 nitrogen and oxygen atoms in total. The fourth-order valence-corrected chi connectivity index (χ4v) is 1.60. The van der Waals surface area contributed by atoms with Gasteiger partial charge in [0, 0.05) is 17.7 Å². The number of amides is 1. The fourth-order valence-electron chi connectivity index (χ4n) is 1.60. The average molecular weight is 255 g/mol. The van der Waals surface area contributed by atoms with Crippen LogP contribution in [-0.2, 0) is 11.2 Å². The van der Waals surface area contributed by atoms with E-state index < -0.39 is 0 Å². The molecule has 0 aliphatic carbocycles. The molecule has 0 bridgehead atoms. The number of aryl methyl sites for hydroxylation is 1. The summed E-state index contributed by atoms with van der Waals surface area (Å²) in [6.45, 7) is 1.99. The van der Waals surface area contributed by atoms with Crippen molar-refractivity contribution in [2.75, 3.05) is 5.32 Å². The second kappa shape index (κ2) is 5.78. The average Bonchev–Trinajstić information content (AvgIpc) is 2.88. The predicted octanol–water partition coefficient (Wildman–Crippen LogP) is 1.89. The molecule has 0 radical (unpaired) electrons. The molecule has 1 aromatic carbocycles. The van der Waals surface area contributed by atoms with Gasteiger partial charge in [0.05, 0.1) is 6.07 Å². The Hall–Kier alpha value is -2.68. The van der Waals surface area contributed by atoms with E-state index in [-0.39, 0.29) is 12.3 Å². The quantitative estimate of drug-likeness (QED) is 0.872. The molecule has 1 amide bonds. The third kappa shape index (κ3) is 3.16. The summed E-state index contributed by atoms with van der Waals surface area (Å²) in [5.41, 5.74) is 1.44. The molecule has 0 saturated heterocycles. The lowest BCUT2D eigenvalue weighted by Gasteiger charge is -2.03. The normalized spacial score (nSPS) is 9.89. The lowest BCUT2D eigenvalue weighted by Crippen LogP contribution is -2.09. The molecule has 2 aromatic rings. The van der Waals surface area contributed by atoms with Crippen molar-refractivity contribution >= 4 is 11.6 Å². The van der Waals surface area contributed by atoms with Crippen LogP contribution in [-0.4, -0.2) is 21.1 Å². The number of nitrogens with zero attached hydrogens (tertiary/aromatic N) is 3. The third-order valence-electron chi connectivity index (χ3n) is 2.51. The van der Waals surface area contributed by atoms with Gasteiger partial charge in [0.25, 0.3) is 0 Å². The molecule has 0 aliphatic heterocycles. The number of carbonyl (C=O) groups excluding carboxylic acids is 1. The summed E-state index contributed by atoms with van der Waals surface area (Å²) >= 11 is 0. The highest BCUT2D eigenvalue weighted by Gasteiger charge is 2.07. The molecular weight excluding hydrogens is 242 g/mol. The Balaban J connectivity index is 2.19. The second-order valence-corrected chi connectivity index (χ2v) is 3.92. The lowest BCUT2D eigenvalue weighted by molar-refractivity contribution is -0.115. The van der Waals surface area contributed by atoms with Crippen molar-refractivity contribution in [3.63, 3.8) is 0 Å². The third-order valence-corrected chi connectivity index (χ3v) is 2.51. The Morgan fingerprint density at radius 3 is 3.05 bits per heavy atom. The van der Waals surface area contributed by atoms with Crippen molar-refractivity contribution in [2.24, 2.45) is 0 Å². The lowest BCUT2D eigenvalue weighted by atomic mass is 10.2. The van der Waals surface area contributed by atoms with E-state index in [1.807, 2.05) is 13.0 Å². The fraction of sp³-hybridized carbons (Fsp3) is 0.231. The molecule has 0 atom stereocenters. The number of rotatable bonds is 4. The summed E-state index contributed by atoms with van der Waals surface area (Å²) < 4.78 is 0. The van der Waals surface area contributed by atoms with Gasteiger partial charge in [-0.1, -0.05) is 19.1 Å². The largest absolute Gasteiger partial charge is 0.325 e. The van der Waals surface area contributed by atoms with Crippen LogP contribution in [0.1, 0.15) is 19.2 Å². The second-order valence-electron chi connectivity index (χ2n) is 3.92. The van der Waals surface area contributed by atoms with E-state index in [0.717, 1.165) is 17.8 Å². The van der Waals surface area contributed by atoms with Crippen molar-refractivity contribution in [1.82, 2.24) is 15.2 Å². The molecule has 1 aromatic heterocycles. The molecule has 0 fully saturated rings. The highest BCUT2D eigenvalue weighted by molar-refractivity contribution is 5.92. The van der Waals surface area contributed by atoms with Crippen molar-refractivity contribution in [1.29, 1.82) is 5.26 Å². The van der Waals surface area contributed by atoms with E-state index in [1.165, 1.54) is 0 Å².